The number of benzene rings is 1. The van der Waals surface area contributed by atoms with Crippen molar-refractivity contribution in [3.05, 3.63) is 22.8 Å². The maximum atomic E-state index is 6.71. The predicted molar refractivity (Wildman–Crippen MR) is 148 cm³/mol. The molecule has 0 aromatic heterocycles. The molecule has 1 heterocycles. The highest BCUT2D eigenvalue weighted by atomic mass is 16.5. The topological polar surface area (TPSA) is 18.5 Å². The summed E-state index contributed by atoms with van der Waals surface area (Å²) in [6.07, 6.45) is 14.3. The molecule has 1 aliphatic heterocycles. The van der Waals surface area contributed by atoms with E-state index in [1.54, 1.807) is 0 Å². The Labute approximate surface area is 212 Å². The van der Waals surface area contributed by atoms with Gasteiger partial charge < -0.3 is 9.47 Å². The quantitative estimate of drug-likeness (QED) is 0.284. The van der Waals surface area contributed by atoms with E-state index in [9.17, 15) is 0 Å². The number of ether oxygens (including phenoxy) is 2. The van der Waals surface area contributed by atoms with E-state index in [1.807, 2.05) is 0 Å². The van der Waals surface area contributed by atoms with Gasteiger partial charge in [0.15, 0.2) is 0 Å². The maximum absolute atomic E-state index is 6.71. The van der Waals surface area contributed by atoms with Crippen molar-refractivity contribution >= 4 is 0 Å². The lowest BCUT2D eigenvalue weighted by Gasteiger charge is -2.38. The minimum Gasteiger partial charge on any atom is -0.488 e. The van der Waals surface area contributed by atoms with Gasteiger partial charge >= 0.3 is 0 Å². The van der Waals surface area contributed by atoms with Crippen LogP contribution >= 0.6 is 0 Å². The van der Waals surface area contributed by atoms with Gasteiger partial charge in [0.05, 0.1) is 0 Å². The minimum absolute atomic E-state index is 0.0404. The van der Waals surface area contributed by atoms with Crippen LogP contribution in [0.15, 0.2) is 6.07 Å². The summed E-state index contributed by atoms with van der Waals surface area (Å²) in [7, 11) is 0. The van der Waals surface area contributed by atoms with Gasteiger partial charge in [0.25, 0.3) is 0 Å². The third kappa shape index (κ3) is 9.46. The normalized spacial score (nSPS) is 20.1. The monoisotopic (exact) mass is 472 g/mol. The first-order valence-electron chi connectivity index (χ1n) is 14.3. The Bertz CT molecular complexity index is 757. The first kappa shape index (κ1) is 29.1. The number of fused-ring (bicyclic) bond motifs is 1. The van der Waals surface area contributed by atoms with E-state index in [1.165, 1.54) is 68.1 Å². The van der Waals surface area contributed by atoms with Gasteiger partial charge in [-0.05, 0) is 102 Å². The second kappa shape index (κ2) is 12.7. The van der Waals surface area contributed by atoms with Crippen LogP contribution in [0.25, 0.3) is 0 Å². The average molecular weight is 473 g/mol. The molecule has 1 aromatic rings. The lowest BCUT2D eigenvalue weighted by molar-refractivity contribution is 0.0507. The van der Waals surface area contributed by atoms with E-state index in [0.29, 0.717) is 0 Å². The van der Waals surface area contributed by atoms with Crippen LogP contribution in [0.4, 0.5) is 0 Å². The Hall–Kier alpha value is -1.18. The van der Waals surface area contributed by atoms with Gasteiger partial charge in [0.1, 0.15) is 22.7 Å². The van der Waals surface area contributed by atoms with Crippen molar-refractivity contribution in [1.29, 1.82) is 0 Å². The molecule has 196 valence electrons. The zero-order chi connectivity index (χ0) is 25.5. The van der Waals surface area contributed by atoms with Gasteiger partial charge in [-0.2, -0.15) is 0 Å². The molecule has 3 atom stereocenters. The summed E-state index contributed by atoms with van der Waals surface area (Å²) in [5.41, 5.74) is 3.60. The average Bonchev–Trinajstić information content (AvgIpc) is 2.70. The van der Waals surface area contributed by atoms with Crippen molar-refractivity contribution in [3.63, 3.8) is 0 Å². The molecule has 2 heteroatoms. The molecule has 2 nitrogen and oxygen atoms in total. The Morgan fingerprint density at radius 1 is 0.912 bits per heavy atom. The van der Waals surface area contributed by atoms with Gasteiger partial charge in [-0.3, -0.25) is 0 Å². The molecular weight excluding hydrogens is 416 g/mol. The molecule has 2 rings (SSSR count). The number of aryl methyl sites for hydroxylation is 1. The Balaban J connectivity index is 1.79. The first-order valence-corrected chi connectivity index (χ1v) is 14.3. The molecule has 0 fully saturated rings. The fourth-order valence-corrected chi connectivity index (χ4v) is 5.47. The molecule has 0 amide bonds. The Morgan fingerprint density at radius 3 is 2.03 bits per heavy atom. The van der Waals surface area contributed by atoms with Gasteiger partial charge in [-0.25, -0.2) is 0 Å². The zero-order valence-corrected chi connectivity index (χ0v) is 24.4. The van der Waals surface area contributed by atoms with Crippen LogP contribution in [0.3, 0.4) is 0 Å². The smallest absolute Gasteiger partial charge is 0.126 e. The highest BCUT2D eigenvalue weighted by molar-refractivity contribution is 5.54. The van der Waals surface area contributed by atoms with Crippen LogP contribution in [0, 0.1) is 31.6 Å². The lowest BCUT2D eigenvalue weighted by Crippen LogP contribution is -2.37. The third-order valence-corrected chi connectivity index (χ3v) is 7.75. The lowest BCUT2D eigenvalue weighted by atomic mass is 9.84. The van der Waals surface area contributed by atoms with Crippen molar-refractivity contribution in [2.24, 2.45) is 17.8 Å². The molecule has 0 bridgehead atoms. The number of hydrogen-bond acceptors (Lipinski definition) is 2. The molecule has 0 aliphatic carbocycles. The maximum Gasteiger partial charge on any atom is 0.126 e. The summed E-state index contributed by atoms with van der Waals surface area (Å²) >= 11 is 0. The van der Waals surface area contributed by atoms with E-state index >= 15 is 0 Å². The van der Waals surface area contributed by atoms with E-state index in [4.69, 9.17) is 9.47 Å². The highest BCUT2D eigenvalue weighted by Gasteiger charge is 2.34. The fraction of sp³-hybridized carbons (Fsp3) is 0.812. The summed E-state index contributed by atoms with van der Waals surface area (Å²) in [6, 6.07) is 2.18. The molecule has 1 aromatic carbocycles. The van der Waals surface area contributed by atoms with Crippen molar-refractivity contribution in [3.8, 4) is 11.5 Å². The van der Waals surface area contributed by atoms with Crippen molar-refractivity contribution in [1.82, 2.24) is 0 Å². The molecule has 0 N–H and O–H groups in total. The molecule has 0 spiro atoms. The summed E-state index contributed by atoms with van der Waals surface area (Å²) in [6.45, 7) is 22.6. The van der Waals surface area contributed by atoms with Crippen LogP contribution in [-0.2, 0) is 6.42 Å². The molecule has 0 saturated heterocycles. The van der Waals surface area contributed by atoms with Gasteiger partial charge in [-0.15, -0.1) is 0 Å². The Morgan fingerprint density at radius 2 is 1.47 bits per heavy atom. The van der Waals surface area contributed by atoms with Crippen LogP contribution in [0.5, 0.6) is 11.5 Å². The summed E-state index contributed by atoms with van der Waals surface area (Å²) in [4.78, 5) is 0. The molecule has 1 aliphatic rings. The van der Waals surface area contributed by atoms with Gasteiger partial charge in [0.2, 0.25) is 0 Å². The SMILES string of the molecule is Cc1cc(OC(C)(C)C)c(C)c2c1O[C@](C)(CCC[C@H](C)CCC[C@H](C)CCCC(C)C)CC2. The van der Waals surface area contributed by atoms with Crippen LogP contribution in [0.1, 0.15) is 136 Å². The van der Waals surface area contributed by atoms with E-state index in [2.05, 4.69) is 75.3 Å². The molecular formula is C32H56O2. The largest absolute Gasteiger partial charge is 0.488 e. The molecule has 0 unspecified atom stereocenters. The van der Waals surface area contributed by atoms with Crippen molar-refractivity contribution < 1.29 is 9.47 Å². The highest BCUT2D eigenvalue weighted by Crippen LogP contribution is 2.43. The third-order valence-electron chi connectivity index (χ3n) is 7.75. The van der Waals surface area contributed by atoms with E-state index in [-0.39, 0.29) is 11.2 Å². The summed E-state index contributed by atoms with van der Waals surface area (Å²) in [5.74, 6) is 4.69. The molecule has 0 radical (unpaired) electrons. The van der Waals surface area contributed by atoms with Crippen LogP contribution in [-0.4, -0.2) is 11.2 Å². The fourth-order valence-electron chi connectivity index (χ4n) is 5.47. The van der Waals surface area contributed by atoms with E-state index < -0.39 is 0 Å². The first-order chi connectivity index (χ1) is 15.8. The van der Waals surface area contributed by atoms with Crippen LogP contribution in [0.2, 0.25) is 0 Å². The van der Waals surface area contributed by atoms with Crippen molar-refractivity contribution in [2.75, 3.05) is 0 Å². The van der Waals surface area contributed by atoms with Crippen molar-refractivity contribution in [2.45, 2.75) is 151 Å². The van der Waals surface area contributed by atoms with Gasteiger partial charge in [-0.1, -0.05) is 72.6 Å². The van der Waals surface area contributed by atoms with Crippen LogP contribution < -0.4 is 9.47 Å². The van der Waals surface area contributed by atoms with E-state index in [0.717, 1.165) is 48.5 Å². The molecule has 34 heavy (non-hydrogen) atoms. The second-order valence-electron chi connectivity index (χ2n) is 13.2. The predicted octanol–water partition coefficient (Wildman–Crippen LogP) is 10.0. The van der Waals surface area contributed by atoms with Gasteiger partial charge in [0, 0.05) is 5.56 Å². The number of rotatable bonds is 13. The summed E-state index contributed by atoms with van der Waals surface area (Å²) in [5, 5.41) is 0. The standard InChI is InChI=1S/C32H56O2/c1-23(2)14-11-15-24(3)16-12-17-25(4)18-13-20-32(10)21-19-28-27(6)29(33-31(7,8)9)22-26(5)30(28)34-32/h22-25H,11-21H2,1-10H3/t24-,25-,32-/m1/s1. The molecule has 0 saturated carbocycles. The minimum atomic E-state index is -0.183. The second-order valence-corrected chi connectivity index (χ2v) is 13.2. The Kier molecular flexibility index (Phi) is 10.8. The summed E-state index contributed by atoms with van der Waals surface area (Å²) < 4.78 is 13.0. The number of hydrogen-bond donors (Lipinski definition) is 0. The zero-order valence-electron chi connectivity index (χ0n) is 24.4.